The molecule has 0 aliphatic carbocycles. The molecule has 0 aliphatic rings. The third-order valence-corrected chi connectivity index (χ3v) is 9.67. The van der Waals surface area contributed by atoms with Gasteiger partial charge in [-0.3, -0.25) is 13.6 Å². The third kappa shape index (κ3) is 6.81. The first-order valence-corrected chi connectivity index (χ1v) is 16.7. The van der Waals surface area contributed by atoms with Crippen LogP contribution in [-0.4, -0.2) is 52.3 Å². The van der Waals surface area contributed by atoms with Crippen LogP contribution in [0.2, 0.25) is 0 Å². The second kappa shape index (κ2) is 12.1. The van der Waals surface area contributed by atoms with Crippen molar-refractivity contribution in [3.8, 4) is 11.1 Å². The third-order valence-electron chi connectivity index (χ3n) is 5.94. The molecule has 5 rings (SSSR count). The van der Waals surface area contributed by atoms with E-state index in [2.05, 4.69) is 35.3 Å². The normalized spacial score (nSPS) is 12.3. The van der Waals surface area contributed by atoms with Gasteiger partial charge in [0.1, 0.15) is 11.3 Å². The number of nitrogens with zero attached hydrogens (tertiary/aromatic N) is 5. The average Bonchev–Trinajstić information content (AvgIpc) is 3.50. The molecule has 0 saturated heterocycles. The van der Waals surface area contributed by atoms with Crippen LogP contribution >= 0.6 is 15.9 Å². The fourth-order valence-electron chi connectivity index (χ4n) is 4.24. The summed E-state index contributed by atoms with van der Waals surface area (Å²) >= 11 is 3.31. The Morgan fingerprint density at radius 2 is 1.26 bits per heavy atom. The van der Waals surface area contributed by atoms with Crippen molar-refractivity contribution in [1.82, 2.24) is 32.8 Å². The number of pyridine rings is 3. The van der Waals surface area contributed by atoms with Crippen LogP contribution in [0.5, 0.6) is 0 Å². The molecule has 0 saturated carbocycles. The highest BCUT2D eigenvalue weighted by Gasteiger charge is 2.21. The van der Waals surface area contributed by atoms with Crippen LogP contribution in [-0.2, 0) is 27.1 Å². The summed E-state index contributed by atoms with van der Waals surface area (Å²) < 4.78 is 59.6. The lowest BCUT2D eigenvalue weighted by Crippen LogP contribution is -2.31. The highest BCUT2D eigenvalue weighted by molar-refractivity contribution is 9.10. The van der Waals surface area contributed by atoms with Crippen LogP contribution in [0.4, 0.5) is 0 Å². The van der Waals surface area contributed by atoms with E-state index in [0.717, 1.165) is 15.6 Å². The molecular weight excluding hydrogens is 646 g/mol. The van der Waals surface area contributed by atoms with Gasteiger partial charge in [-0.05, 0) is 92.0 Å². The fraction of sp³-hybridized carbons (Fsp3) is 0.296. The summed E-state index contributed by atoms with van der Waals surface area (Å²) in [6.07, 6.45) is 7.82. The Morgan fingerprint density at radius 3 is 1.76 bits per heavy atom. The minimum Gasteiger partial charge on any atom is -0.318 e. The zero-order chi connectivity index (χ0) is 31.0. The van der Waals surface area contributed by atoms with Crippen LogP contribution < -0.4 is 15.0 Å². The molecule has 5 aromatic heterocycles. The van der Waals surface area contributed by atoms with Gasteiger partial charge in [-0.1, -0.05) is 0 Å². The number of rotatable bonds is 7. The molecule has 0 bridgehead atoms. The van der Waals surface area contributed by atoms with Crippen molar-refractivity contribution in [2.24, 2.45) is 7.05 Å². The van der Waals surface area contributed by atoms with Gasteiger partial charge in [-0.2, -0.15) is 0 Å². The lowest BCUT2D eigenvalue weighted by atomic mass is 10.1. The van der Waals surface area contributed by atoms with Crippen LogP contribution in [0.25, 0.3) is 22.4 Å². The summed E-state index contributed by atoms with van der Waals surface area (Å²) in [5.41, 5.74) is 3.32. The van der Waals surface area contributed by atoms with Crippen molar-refractivity contribution in [3.05, 3.63) is 81.7 Å². The second-order valence-corrected chi connectivity index (χ2v) is 14.5. The van der Waals surface area contributed by atoms with E-state index in [1.165, 1.54) is 21.4 Å². The number of sulfonamides is 2. The van der Waals surface area contributed by atoms with E-state index >= 15 is 0 Å². The molecule has 0 atom stereocenters. The molecule has 0 spiro atoms. The van der Waals surface area contributed by atoms with E-state index in [-0.39, 0.29) is 27.7 Å². The smallest absolute Gasteiger partial charge is 0.258 e. The SMILES string of the molecule is CC(C)NS(=O)(=O)c1cnc2ccc(Br)cn12.Cc1cc(-c2ccc3ncc(S(=O)(=O)NC(C)C)n3c2)cn(C)c1=O. The maximum absolute atomic E-state index is 12.5. The molecular formula is C27H32BrN7O5S2. The number of hydrogen-bond donors (Lipinski definition) is 2. The van der Waals surface area contributed by atoms with E-state index in [0.29, 0.717) is 16.9 Å². The lowest BCUT2D eigenvalue weighted by Gasteiger charge is -2.10. The molecule has 0 fully saturated rings. The molecule has 0 amide bonds. The van der Waals surface area contributed by atoms with Gasteiger partial charge < -0.3 is 4.57 Å². The van der Waals surface area contributed by atoms with Crippen molar-refractivity contribution in [3.63, 3.8) is 0 Å². The van der Waals surface area contributed by atoms with Crippen LogP contribution in [0.15, 0.2) is 80.6 Å². The molecule has 2 N–H and O–H groups in total. The quantitative estimate of drug-likeness (QED) is 0.268. The average molecular weight is 679 g/mol. The Morgan fingerprint density at radius 1 is 0.762 bits per heavy atom. The Hall–Kier alpha value is -3.37. The van der Waals surface area contributed by atoms with Gasteiger partial charge in [0.2, 0.25) is 0 Å². The molecule has 5 heterocycles. The molecule has 0 unspecified atom stereocenters. The topological polar surface area (TPSA) is 149 Å². The minimum atomic E-state index is -3.67. The van der Waals surface area contributed by atoms with E-state index in [4.69, 9.17) is 0 Å². The lowest BCUT2D eigenvalue weighted by molar-refractivity contribution is 0.563. The molecule has 0 aromatic carbocycles. The predicted octanol–water partition coefficient (Wildman–Crippen LogP) is 3.48. The van der Waals surface area contributed by atoms with Gasteiger partial charge in [0.25, 0.3) is 25.6 Å². The Bertz CT molecular complexity index is 2020. The summed E-state index contributed by atoms with van der Waals surface area (Å²) in [4.78, 5) is 20.1. The zero-order valence-corrected chi connectivity index (χ0v) is 27.1. The van der Waals surface area contributed by atoms with Gasteiger partial charge in [0.05, 0.1) is 12.4 Å². The molecule has 0 aliphatic heterocycles. The van der Waals surface area contributed by atoms with Crippen LogP contribution in [0, 0.1) is 6.92 Å². The van der Waals surface area contributed by atoms with Gasteiger partial charge in [-0.25, -0.2) is 36.2 Å². The van der Waals surface area contributed by atoms with E-state index < -0.39 is 20.0 Å². The monoisotopic (exact) mass is 677 g/mol. The molecule has 5 aromatic rings. The summed E-state index contributed by atoms with van der Waals surface area (Å²) in [6.45, 7) is 8.83. The number of nitrogens with one attached hydrogen (secondary N) is 2. The van der Waals surface area contributed by atoms with E-state index in [9.17, 15) is 21.6 Å². The summed E-state index contributed by atoms with van der Waals surface area (Å²) in [5.74, 6) is 0. The van der Waals surface area contributed by atoms with Crippen molar-refractivity contribution in [1.29, 1.82) is 0 Å². The number of fused-ring (bicyclic) bond motifs is 2. The molecule has 224 valence electrons. The number of aryl methyl sites for hydroxylation is 2. The highest BCUT2D eigenvalue weighted by atomic mass is 79.9. The number of hydrogen-bond acceptors (Lipinski definition) is 7. The Kier molecular flexibility index (Phi) is 9.08. The zero-order valence-electron chi connectivity index (χ0n) is 23.9. The number of imidazole rings is 2. The summed E-state index contributed by atoms with van der Waals surface area (Å²) in [6, 6.07) is 8.59. The van der Waals surface area contributed by atoms with Crippen molar-refractivity contribution in [2.75, 3.05) is 0 Å². The second-order valence-electron chi connectivity index (χ2n) is 10.3. The van der Waals surface area contributed by atoms with Gasteiger partial charge in [0, 0.05) is 47.8 Å². The van der Waals surface area contributed by atoms with Crippen LogP contribution in [0.3, 0.4) is 0 Å². The molecule has 42 heavy (non-hydrogen) atoms. The first-order chi connectivity index (χ1) is 19.6. The highest BCUT2D eigenvalue weighted by Crippen LogP contribution is 2.22. The molecule has 15 heteroatoms. The largest absolute Gasteiger partial charge is 0.318 e. The maximum Gasteiger partial charge on any atom is 0.258 e. The molecule has 0 radical (unpaired) electrons. The first-order valence-electron chi connectivity index (χ1n) is 12.9. The Labute approximate surface area is 252 Å². The number of aromatic nitrogens is 5. The van der Waals surface area contributed by atoms with E-state index in [1.807, 2.05) is 12.1 Å². The molecule has 12 nitrogen and oxygen atoms in total. The van der Waals surface area contributed by atoms with E-state index in [1.54, 1.807) is 82.9 Å². The van der Waals surface area contributed by atoms with Crippen LogP contribution in [0.1, 0.15) is 33.3 Å². The van der Waals surface area contributed by atoms with Crippen molar-refractivity contribution >= 4 is 47.3 Å². The van der Waals surface area contributed by atoms with Crippen molar-refractivity contribution in [2.45, 2.75) is 56.8 Å². The number of halogens is 1. The summed E-state index contributed by atoms with van der Waals surface area (Å²) in [5, 5.41) is 0.224. The van der Waals surface area contributed by atoms with Crippen molar-refractivity contribution < 1.29 is 16.8 Å². The summed E-state index contributed by atoms with van der Waals surface area (Å²) in [7, 11) is -5.51. The predicted molar refractivity (Wildman–Crippen MR) is 164 cm³/mol. The van der Waals surface area contributed by atoms with Gasteiger partial charge in [-0.15, -0.1) is 0 Å². The standard InChI is InChI=1S/C17H20N4O3S.C10H12BrN3O2S/c1-11(2)19-25(23,24)16-8-18-15-6-5-13(10-21(15)16)14-7-12(3)17(22)20(4)9-14;1-7(2)13-17(15,16)10-5-12-9-4-3-8(11)6-14(9)10/h5-11,19H,1-4H3;3-7,13H,1-2H3. The van der Waals surface area contributed by atoms with Gasteiger partial charge in [0.15, 0.2) is 10.1 Å². The Balaban J connectivity index is 0.000000208. The maximum atomic E-state index is 12.5. The van der Waals surface area contributed by atoms with Gasteiger partial charge >= 0.3 is 0 Å². The fourth-order valence-corrected chi connectivity index (χ4v) is 7.25. The minimum absolute atomic E-state index is 0.0585. The first kappa shape index (κ1) is 31.6.